The van der Waals surface area contributed by atoms with Gasteiger partial charge in [0.1, 0.15) is 0 Å². The second-order valence-electron chi connectivity index (χ2n) is 4.33. The van der Waals surface area contributed by atoms with Gasteiger partial charge in [0.05, 0.1) is 17.6 Å². The summed E-state index contributed by atoms with van der Waals surface area (Å²) in [5.74, 6) is 0.506. The Labute approximate surface area is 106 Å². The molecule has 0 saturated heterocycles. The first-order chi connectivity index (χ1) is 8.16. The fourth-order valence-corrected chi connectivity index (χ4v) is 1.75. The normalized spacial score (nSPS) is 10.8. The Morgan fingerprint density at radius 3 is 2.76 bits per heavy atom. The lowest BCUT2D eigenvalue weighted by molar-refractivity contribution is 0.634. The maximum absolute atomic E-state index is 6.04. The SMILES string of the molecule is CC(C)Cc1nc(-c2cccnc2)cnc1Cl. The summed E-state index contributed by atoms with van der Waals surface area (Å²) in [4.78, 5) is 12.8. The summed E-state index contributed by atoms with van der Waals surface area (Å²) < 4.78 is 0. The Balaban J connectivity index is 2.37. The van der Waals surface area contributed by atoms with Gasteiger partial charge in [0.2, 0.25) is 0 Å². The quantitative estimate of drug-likeness (QED) is 0.835. The highest BCUT2D eigenvalue weighted by Gasteiger charge is 2.08. The molecule has 2 aromatic rings. The summed E-state index contributed by atoms with van der Waals surface area (Å²) >= 11 is 6.04. The fraction of sp³-hybridized carbons (Fsp3) is 0.308. The van der Waals surface area contributed by atoms with Gasteiger partial charge < -0.3 is 0 Å². The third-order valence-electron chi connectivity index (χ3n) is 2.35. The van der Waals surface area contributed by atoms with Crippen LogP contribution in [0.1, 0.15) is 19.5 Å². The lowest BCUT2D eigenvalue weighted by Gasteiger charge is -2.07. The van der Waals surface area contributed by atoms with Crippen molar-refractivity contribution in [3.05, 3.63) is 41.6 Å². The molecular formula is C13H14ClN3. The molecule has 0 aromatic carbocycles. The molecule has 0 spiro atoms. The van der Waals surface area contributed by atoms with Crippen molar-refractivity contribution >= 4 is 11.6 Å². The number of nitrogens with zero attached hydrogens (tertiary/aromatic N) is 3. The molecule has 2 heterocycles. The average Bonchev–Trinajstić information content (AvgIpc) is 2.32. The highest BCUT2D eigenvalue weighted by Crippen LogP contribution is 2.20. The molecular weight excluding hydrogens is 234 g/mol. The van der Waals surface area contributed by atoms with Gasteiger partial charge in [0.15, 0.2) is 5.15 Å². The maximum Gasteiger partial charge on any atom is 0.150 e. The molecule has 17 heavy (non-hydrogen) atoms. The minimum Gasteiger partial charge on any atom is -0.264 e. The van der Waals surface area contributed by atoms with Gasteiger partial charge >= 0.3 is 0 Å². The van der Waals surface area contributed by atoms with Crippen molar-refractivity contribution in [3.8, 4) is 11.3 Å². The van der Waals surface area contributed by atoms with E-state index in [4.69, 9.17) is 11.6 Å². The summed E-state index contributed by atoms with van der Waals surface area (Å²) in [5.41, 5.74) is 2.63. The van der Waals surface area contributed by atoms with E-state index >= 15 is 0 Å². The highest BCUT2D eigenvalue weighted by atomic mass is 35.5. The maximum atomic E-state index is 6.04. The summed E-state index contributed by atoms with van der Waals surface area (Å²) in [6, 6.07) is 3.85. The molecule has 0 atom stereocenters. The molecule has 0 fully saturated rings. The molecule has 0 amide bonds. The van der Waals surface area contributed by atoms with Crippen LogP contribution in [0.4, 0.5) is 0 Å². The lowest BCUT2D eigenvalue weighted by atomic mass is 10.1. The van der Waals surface area contributed by atoms with Crippen molar-refractivity contribution in [2.75, 3.05) is 0 Å². The van der Waals surface area contributed by atoms with Gasteiger partial charge in [-0.2, -0.15) is 0 Å². The van der Waals surface area contributed by atoms with Crippen LogP contribution >= 0.6 is 11.6 Å². The first-order valence-electron chi connectivity index (χ1n) is 5.58. The molecule has 0 radical (unpaired) electrons. The largest absolute Gasteiger partial charge is 0.264 e. The molecule has 0 saturated carbocycles. The number of halogens is 1. The predicted molar refractivity (Wildman–Crippen MR) is 68.8 cm³/mol. The van der Waals surface area contributed by atoms with Gasteiger partial charge in [-0.15, -0.1) is 0 Å². The van der Waals surface area contributed by atoms with E-state index in [9.17, 15) is 0 Å². The molecule has 0 unspecified atom stereocenters. The van der Waals surface area contributed by atoms with Gasteiger partial charge in [0.25, 0.3) is 0 Å². The molecule has 88 valence electrons. The summed E-state index contributed by atoms with van der Waals surface area (Å²) in [5, 5.41) is 0.492. The monoisotopic (exact) mass is 247 g/mol. The minimum atomic E-state index is 0.492. The van der Waals surface area contributed by atoms with Crippen molar-refractivity contribution < 1.29 is 0 Å². The van der Waals surface area contributed by atoms with E-state index in [-0.39, 0.29) is 0 Å². The van der Waals surface area contributed by atoms with Gasteiger partial charge in [-0.25, -0.2) is 9.97 Å². The van der Waals surface area contributed by atoms with Crippen molar-refractivity contribution in [2.24, 2.45) is 5.92 Å². The second-order valence-corrected chi connectivity index (χ2v) is 4.69. The summed E-state index contributed by atoms with van der Waals surface area (Å²) in [6.07, 6.45) is 6.03. The third kappa shape index (κ3) is 3.01. The zero-order valence-corrected chi connectivity index (χ0v) is 10.6. The number of hydrogen-bond donors (Lipinski definition) is 0. The number of pyridine rings is 1. The van der Waals surface area contributed by atoms with E-state index in [2.05, 4.69) is 28.8 Å². The number of aromatic nitrogens is 3. The number of hydrogen-bond acceptors (Lipinski definition) is 3. The molecule has 4 heteroatoms. The van der Waals surface area contributed by atoms with Crippen LogP contribution < -0.4 is 0 Å². The van der Waals surface area contributed by atoms with E-state index in [1.165, 1.54) is 0 Å². The minimum absolute atomic E-state index is 0.492. The van der Waals surface area contributed by atoms with Crippen molar-refractivity contribution in [1.29, 1.82) is 0 Å². The Kier molecular flexibility index (Phi) is 3.69. The Bertz CT molecular complexity index is 497. The Hall–Kier alpha value is -1.48. The van der Waals surface area contributed by atoms with Crippen LogP contribution in [0.3, 0.4) is 0 Å². The van der Waals surface area contributed by atoms with E-state index in [0.29, 0.717) is 11.1 Å². The van der Waals surface area contributed by atoms with Crippen molar-refractivity contribution in [2.45, 2.75) is 20.3 Å². The number of rotatable bonds is 3. The van der Waals surface area contributed by atoms with Gasteiger partial charge in [-0.05, 0) is 24.5 Å². The first kappa shape index (κ1) is 12.0. The van der Waals surface area contributed by atoms with E-state index in [0.717, 1.165) is 23.4 Å². The molecule has 2 aromatic heterocycles. The van der Waals surface area contributed by atoms with E-state index < -0.39 is 0 Å². The molecule has 3 nitrogen and oxygen atoms in total. The molecule has 0 N–H and O–H groups in total. The summed E-state index contributed by atoms with van der Waals surface area (Å²) in [7, 11) is 0. The van der Waals surface area contributed by atoms with Gasteiger partial charge in [0, 0.05) is 18.0 Å². The van der Waals surface area contributed by atoms with Crippen LogP contribution in [0.25, 0.3) is 11.3 Å². The van der Waals surface area contributed by atoms with Gasteiger partial charge in [-0.3, -0.25) is 4.98 Å². The smallest absolute Gasteiger partial charge is 0.150 e. The topological polar surface area (TPSA) is 38.7 Å². The standard InChI is InChI=1S/C13H14ClN3/c1-9(2)6-11-13(14)16-8-12(17-11)10-4-3-5-15-7-10/h3-5,7-9H,6H2,1-2H3. The fourth-order valence-electron chi connectivity index (χ4n) is 1.58. The molecule has 0 aliphatic rings. The van der Waals surface area contributed by atoms with Crippen molar-refractivity contribution in [1.82, 2.24) is 15.0 Å². The predicted octanol–water partition coefficient (Wildman–Crippen LogP) is 3.39. The van der Waals surface area contributed by atoms with Gasteiger partial charge in [-0.1, -0.05) is 25.4 Å². The zero-order chi connectivity index (χ0) is 12.3. The summed E-state index contributed by atoms with van der Waals surface area (Å²) in [6.45, 7) is 4.27. The highest BCUT2D eigenvalue weighted by molar-refractivity contribution is 6.30. The van der Waals surface area contributed by atoms with Crippen LogP contribution in [-0.2, 0) is 6.42 Å². The molecule has 2 rings (SSSR count). The lowest BCUT2D eigenvalue weighted by Crippen LogP contribution is -2.01. The van der Waals surface area contributed by atoms with Crippen LogP contribution in [0.5, 0.6) is 0 Å². The van der Waals surface area contributed by atoms with Crippen LogP contribution in [0.2, 0.25) is 5.15 Å². The molecule has 0 aliphatic carbocycles. The zero-order valence-electron chi connectivity index (χ0n) is 9.89. The van der Waals surface area contributed by atoms with Crippen molar-refractivity contribution in [3.63, 3.8) is 0 Å². The Morgan fingerprint density at radius 2 is 2.12 bits per heavy atom. The average molecular weight is 248 g/mol. The van der Waals surface area contributed by atoms with E-state index in [1.54, 1.807) is 18.6 Å². The third-order valence-corrected chi connectivity index (χ3v) is 2.67. The Morgan fingerprint density at radius 1 is 1.29 bits per heavy atom. The van der Waals surface area contributed by atoms with Crippen LogP contribution in [-0.4, -0.2) is 15.0 Å². The molecule has 0 bridgehead atoms. The van der Waals surface area contributed by atoms with Crippen LogP contribution in [0.15, 0.2) is 30.7 Å². The first-order valence-corrected chi connectivity index (χ1v) is 5.96. The van der Waals surface area contributed by atoms with Crippen LogP contribution in [0, 0.1) is 5.92 Å². The second kappa shape index (κ2) is 5.23. The molecule has 0 aliphatic heterocycles. The van der Waals surface area contributed by atoms with E-state index in [1.807, 2.05) is 12.1 Å².